The molecule has 2 N–H and O–H groups in total. The van der Waals surface area contributed by atoms with Gasteiger partial charge in [-0.3, -0.25) is 0 Å². The Balaban J connectivity index is 2.07. The van der Waals surface area contributed by atoms with Crippen LogP contribution in [0.3, 0.4) is 0 Å². The van der Waals surface area contributed by atoms with Crippen molar-refractivity contribution in [3.63, 3.8) is 0 Å². The molecule has 0 saturated heterocycles. The third-order valence-electron chi connectivity index (χ3n) is 2.95. The molecule has 4 nitrogen and oxygen atoms in total. The number of aromatic hydroxyl groups is 1. The fourth-order valence-corrected chi connectivity index (χ4v) is 2.03. The molecule has 4 heteroatoms. The Morgan fingerprint density at radius 3 is 2.43 bits per heavy atom. The van der Waals surface area contributed by atoms with Crippen molar-refractivity contribution in [1.82, 2.24) is 0 Å². The van der Waals surface area contributed by atoms with E-state index in [-0.39, 0.29) is 5.75 Å². The molecule has 0 spiro atoms. The predicted octanol–water partition coefficient (Wildman–Crippen LogP) is 3.80. The third-order valence-corrected chi connectivity index (χ3v) is 2.95. The van der Waals surface area contributed by atoms with Crippen molar-refractivity contribution in [2.75, 3.05) is 18.5 Å². The van der Waals surface area contributed by atoms with Gasteiger partial charge in [-0.2, -0.15) is 0 Å². The molecular weight excluding hydrogens is 266 g/mol. The number of rotatable bonds is 7. The number of hydrogen-bond donors (Lipinski definition) is 2. The lowest BCUT2D eigenvalue weighted by Crippen LogP contribution is -2.02. The van der Waals surface area contributed by atoms with Gasteiger partial charge in [0.2, 0.25) is 0 Å². The van der Waals surface area contributed by atoms with Crippen LogP contribution in [0.25, 0.3) is 0 Å². The lowest BCUT2D eigenvalue weighted by atomic mass is 10.2. The van der Waals surface area contributed by atoms with E-state index < -0.39 is 0 Å². The minimum atomic E-state index is 0.252. The molecule has 0 atom stereocenters. The second-order valence-electron chi connectivity index (χ2n) is 4.55. The molecular formula is C17H21NO3. The fraction of sp³-hybridized carbons (Fsp3) is 0.294. The highest BCUT2D eigenvalue weighted by Crippen LogP contribution is 2.29. The van der Waals surface area contributed by atoms with E-state index in [2.05, 4.69) is 5.32 Å². The van der Waals surface area contributed by atoms with Crippen molar-refractivity contribution in [2.45, 2.75) is 20.4 Å². The smallest absolute Gasteiger partial charge is 0.161 e. The first-order valence-corrected chi connectivity index (χ1v) is 7.14. The monoisotopic (exact) mass is 287 g/mol. The Labute approximate surface area is 125 Å². The topological polar surface area (TPSA) is 50.7 Å². The van der Waals surface area contributed by atoms with Crippen LogP contribution in [-0.4, -0.2) is 18.3 Å². The summed E-state index contributed by atoms with van der Waals surface area (Å²) < 4.78 is 11.2. The molecule has 112 valence electrons. The number of phenols is 1. The number of nitrogens with one attached hydrogen (secondary N) is 1. The van der Waals surface area contributed by atoms with Crippen molar-refractivity contribution >= 4 is 5.69 Å². The Kier molecular flexibility index (Phi) is 5.32. The minimum Gasteiger partial charge on any atom is -0.508 e. The normalized spacial score (nSPS) is 10.2. The van der Waals surface area contributed by atoms with Crippen LogP contribution in [0, 0.1) is 0 Å². The molecule has 0 aliphatic rings. The summed E-state index contributed by atoms with van der Waals surface area (Å²) in [6, 6.07) is 13.0. The summed E-state index contributed by atoms with van der Waals surface area (Å²) in [5.74, 6) is 1.77. The van der Waals surface area contributed by atoms with Crippen molar-refractivity contribution < 1.29 is 14.6 Å². The lowest BCUT2D eigenvalue weighted by molar-refractivity contribution is 0.287. The van der Waals surface area contributed by atoms with Crippen LogP contribution in [0.5, 0.6) is 17.2 Å². The number of phenolic OH excluding ortho intramolecular Hbond substituents is 1. The molecule has 21 heavy (non-hydrogen) atoms. The summed E-state index contributed by atoms with van der Waals surface area (Å²) in [4.78, 5) is 0. The quantitative estimate of drug-likeness (QED) is 0.813. The second kappa shape index (κ2) is 7.43. The van der Waals surface area contributed by atoms with Gasteiger partial charge in [-0.25, -0.2) is 0 Å². The Hall–Kier alpha value is -2.36. The van der Waals surface area contributed by atoms with Crippen LogP contribution >= 0.6 is 0 Å². The van der Waals surface area contributed by atoms with Gasteiger partial charge in [0.15, 0.2) is 11.5 Å². The van der Waals surface area contributed by atoms with Crippen molar-refractivity contribution in [3.05, 3.63) is 48.0 Å². The first-order valence-electron chi connectivity index (χ1n) is 7.14. The van der Waals surface area contributed by atoms with Crippen LogP contribution in [0.1, 0.15) is 19.4 Å². The van der Waals surface area contributed by atoms with Crippen molar-refractivity contribution in [3.8, 4) is 17.2 Å². The zero-order valence-electron chi connectivity index (χ0n) is 12.4. The van der Waals surface area contributed by atoms with Crippen LogP contribution < -0.4 is 14.8 Å². The van der Waals surface area contributed by atoms with Gasteiger partial charge in [-0.15, -0.1) is 0 Å². The second-order valence-corrected chi connectivity index (χ2v) is 4.55. The van der Waals surface area contributed by atoms with Crippen LogP contribution in [0.15, 0.2) is 42.5 Å². The molecule has 2 aromatic rings. The summed E-state index contributed by atoms with van der Waals surface area (Å²) in [6.45, 7) is 5.76. The molecule has 2 rings (SSSR count). The van der Waals surface area contributed by atoms with E-state index in [1.807, 2.05) is 44.2 Å². The van der Waals surface area contributed by atoms with Gasteiger partial charge in [0, 0.05) is 18.3 Å². The highest BCUT2D eigenvalue weighted by atomic mass is 16.5. The molecule has 0 aromatic heterocycles. The Morgan fingerprint density at radius 1 is 0.952 bits per heavy atom. The molecule has 0 bridgehead atoms. The summed E-state index contributed by atoms with van der Waals surface area (Å²) in [7, 11) is 0. The minimum absolute atomic E-state index is 0.252. The molecule has 0 heterocycles. The van der Waals surface area contributed by atoms with Crippen LogP contribution in [0.4, 0.5) is 5.69 Å². The summed E-state index contributed by atoms with van der Waals surface area (Å²) in [5.41, 5.74) is 1.96. The predicted molar refractivity (Wildman–Crippen MR) is 84.2 cm³/mol. The Morgan fingerprint density at radius 2 is 1.71 bits per heavy atom. The number of benzene rings is 2. The van der Waals surface area contributed by atoms with Gasteiger partial charge in [0.05, 0.1) is 13.2 Å². The maximum atomic E-state index is 9.44. The van der Waals surface area contributed by atoms with E-state index in [0.717, 1.165) is 22.7 Å². The number of ether oxygens (including phenoxy) is 2. The Bertz CT molecular complexity index is 584. The van der Waals surface area contributed by atoms with Gasteiger partial charge < -0.3 is 19.9 Å². The number of anilines is 1. The van der Waals surface area contributed by atoms with E-state index in [4.69, 9.17) is 9.47 Å². The molecule has 0 aliphatic carbocycles. The first-order chi connectivity index (χ1) is 10.2. The molecule has 0 fully saturated rings. The molecule has 0 unspecified atom stereocenters. The van der Waals surface area contributed by atoms with Crippen LogP contribution in [-0.2, 0) is 6.54 Å². The van der Waals surface area contributed by atoms with Gasteiger partial charge in [0.25, 0.3) is 0 Å². The van der Waals surface area contributed by atoms with Gasteiger partial charge in [-0.05, 0) is 43.7 Å². The summed E-state index contributed by atoms with van der Waals surface area (Å²) in [5, 5.41) is 12.7. The lowest BCUT2D eigenvalue weighted by Gasteiger charge is -2.13. The van der Waals surface area contributed by atoms with E-state index >= 15 is 0 Å². The largest absolute Gasteiger partial charge is 0.508 e. The van der Waals surface area contributed by atoms with Crippen LogP contribution in [0.2, 0.25) is 0 Å². The van der Waals surface area contributed by atoms with E-state index in [1.54, 1.807) is 12.1 Å². The molecule has 0 saturated carbocycles. The number of hydrogen-bond acceptors (Lipinski definition) is 4. The molecule has 2 aromatic carbocycles. The maximum Gasteiger partial charge on any atom is 0.161 e. The van der Waals surface area contributed by atoms with Gasteiger partial charge in [0.1, 0.15) is 5.75 Å². The highest BCUT2D eigenvalue weighted by molar-refractivity contribution is 5.49. The maximum absolute atomic E-state index is 9.44. The average molecular weight is 287 g/mol. The average Bonchev–Trinajstić information content (AvgIpc) is 2.48. The van der Waals surface area contributed by atoms with Crippen molar-refractivity contribution in [2.24, 2.45) is 0 Å². The van der Waals surface area contributed by atoms with Gasteiger partial charge >= 0.3 is 0 Å². The van der Waals surface area contributed by atoms with Crippen molar-refractivity contribution in [1.29, 1.82) is 0 Å². The van der Waals surface area contributed by atoms with E-state index in [1.165, 1.54) is 0 Å². The fourth-order valence-electron chi connectivity index (χ4n) is 2.03. The van der Waals surface area contributed by atoms with Gasteiger partial charge in [-0.1, -0.05) is 12.1 Å². The molecule has 0 aliphatic heterocycles. The SMILES string of the molecule is CCOc1ccc(CNc2cccc(O)c2)cc1OCC. The first kappa shape index (κ1) is 15.0. The molecule has 0 amide bonds. The summed E-state index contributed by atoms with van der Waals surface area (Å²) >= 11 is 0. The zero-order chi connectivity index (χ0) is 15.1. The standard InChI is InChI=1S/C17H21NO3/c1-3-20-16-9-8-13(10-17(16)21-4-2)12-18-14-6-5-7-15(19)11-14/h5-11,18-19H,3-4,12H2,1-2H3. The zero-order valence-corrected chi connectivity index (χ0v) is 12.4. The third kappa shape index (κ3) is 4.31. The molecule has 0 radical (unpaired) electrons. The highest BCUT2D eigenvalue weighted by Gasteiger charge is 2.06. The van der Waals surface area contributed by atoms with E-state index in [9.17, 15) is 5.11 Å². The van der Waals surface area contributed by atoms with E-state index in [0.29, 0.717) is 19.8 Å². The summed E-state index contributed by atoms with van der Waals surface area (Å²) in [6.07, 6.45) is 0.